The molecule has 7 nitrogen and oxygen atoms in total. The summed E-state index contributed by atoms with van der Waals surface area (Å²) in [6.07, 6.45) is 1.66. The molecule has 25 heavy (non-hydrogen) atoms. The van der Waals surface area contributed by atoms with E-state index in [-0.39, 0.29) is 18.0 Å². The summed E-state index contributed by atoms with van der Waals surface area (Å²) in [6, 6.07) is 7.71. The Balaban J connectivity index is 1.63. The third-order valence-electron chi connectivity index (χ3n) is 4.16. The molecule has 0 saturated carbocycles. The zero-order valence-electron chi connectivity index (χ0n) is 14.9. The van der Waals surface area contributed by atoms with Gasteiger partial charge in [0, 0.05) is 37.8 Å². The van der Waals surface area contributed by atoms with Gasteiger partial charge in [-0.25, -0.2) is 4.79 Å². The number of rotatable bonds is 7. The maximum Gasteiger partial charge on any atom is 0.409 e. The molecule has 1 aromatic carbocycles. The topological polar surface area (TPSA) is 79.9 Å². The van der Waals surface area contributed by atoms with Crippen molar-refractivity contribution < 1.29 is 19.1 Å². The molecule has 2 N–H and O–H groups in total. The van der Waals surface area contributed by atoms with Crippen LogP contribution in [0, 0.1) is 0 Å². The lowest BCUT2D eigenvalue weighted by Gasteiger charge is -2.31. The van der Waals surface area contributed by atoms with Crippen LogP contribution in [0.5, 0.6) is 5.75 Å². The highest BCUT2D eigenvalue weighted by Crippen LogP contribution is 2.15. The smallest absolute Gasteiger partial charge is 0.409 e. The van der Waals surface area contributed by atoms with Crippen molar-refractivity contribution in [3.8, 4) is 5.75 Å². The van der Waals surface area contributed by atoms with E-state index in [1.165, 1.54) is 0 Å². The van der Waals surface area contributed by atoms with Crippen LogP contribution in [0.4, 0.5) is 10.5 Å². The minimum atomic E-state index is -0.268. The van der Waals surface area contributed by atoms with Crippen molar-refractivity contribution in [2.45, 2.75) is 32.2 Å². The van der Waals surface area contributed by atoms with Gasteiger partial charge in [-0.2, -0.15) is 0 Å². The Morgan fingerprint density at radius 2 is 1.88 bits per heavy atom. The Hall–Kier alpha value is -2.44. The number of ether oxygens (including phenoxy) is 2. The first-order valence-corrected chi connectivity index (χ1v) is 8.71. The van der Waals surface area contributed by atoms with E-state index < -0.39 is 0 Å². The number of nitrogens with zero attached hydrogens (tertiary/aromatic N) is 1. The largest absolute Gasteiger partial charge is 0.497 e. The number of hydrogen-bond acceptors (Lipinski definition) is 5. The van der Waals surface area contributed by atoms with Gasteiger partial charge in [-0.15, -0.1) is 0 Å². The first-order valence-electron chi connectivity index (χ1n) is 8.71. The van der Waals surface area contributed by atoms with Gasteiger partial charge < -0.3 is 25.0 Å². The van der Waals surface area contributed by atoms with Gasteiger partial charge in [0.05, 0.1) is 13.7 Å². The fourth-order valence-electron chi connectivity index (χ4n) is 2.75. The van der Waals surface area contributed by atoms with Gasteiger partial charge in [0.15, 0.2) is 0 Å². The Morgan fingerprint density at radius 1 is 1.20 bits per heavy atom. The normalized spacial score (nSPS) is 14.7. The van der Waals surface area contributed by atoms with Crippen molar-refractivity contribution in [1.29, 1.82) is 0 Å². The molecule has 1 saturated heterocycles. The highest BCUT2D eigenvalue weighted by Gasteiger charge is 2.24. The predicted molar refractivity (Wildman–Crippen MR) is 95.9 cm³/mol. The average Bonchev–Trinajstić information content (AvgIpc) is 2.63. The molecule has 138 valence electrons. The molecule has 0 atom stereocenters. The number of carbonyl (C=O) groups excluding carboxylic acids is 2. The molecule has 0 spiro atoms. The number of nitrogens with one attached hydrogen (secondary N) is 2. The monoisotopic (exact) mass is 349 g/mol. The summed E-state index contributed by atoms with van der Waals surface area (Å²) in [7, 11) is 1.63. The molecule has 0 aromatic heterocycles. The molecule has 0 radical (unpaired) electrons. The fourth-order valence-corrected chi connectivity index (χ4v) is 2.75. The zero-order valence-corrected chi connectivity index (χ0v) is 14.9. The summed E-state index contributed by atoms with van der Waals surface area (Å²) in [4.78, 5) is 25.4. The van der Waals surface area contributed by atoms with E-state index in [1.807, 2.05) is 24.3 Å². The molecule has 0 unspecified atom stereocenters. The van der Waals surface area contributed by atoms with Crippen LogP contribution >= 0.6 is 0 Å². The molecule has 2 amide bonds. The fraction of sp³-hybridized carbons (Fsp3) is 0.556. The van der Waals surface area contributed by atoms with Crippen molar-refractivity contribution in [3.63, 3.8) is 0 Å². The maximum atomic E-state index is 12.0. The number of piperidine rings is 1. The van der Waals surface area contributed by atoms with E-state index in [0.29, 0.717) is 32.7 Å². The van der Waals surface area contributed by atoms with Gasteiger partial charge in [0.1, 0.15) is 5.75 Å². The molecule has 1 heterocycles. The molecule has 7 heteroatoms. The second kappa shape index (κ2) is 9.76. The lowest BCUT2D eigenvalue weighted by Crippen LogP contribution is -2.46. The number of carbonyl (C=O) groups is 2. The molecule has 1 aliphatic rings. The number of methoxy groups -OCH3 is 1. The summed E-state index contributed by atoms with van der Waals surface area (Å²) in [5.41, 5.74) is 0.955. The van der Waals surface area contributed by atoms with Crippen molar-refractivity contribution in [2.75, 3.05) is 38.7 Å². The molecule has 0 bridgehead atoms. The minimum absolute atomic E-state index is 0.0237. The molecular formula is C18H27N3O4. The van der Waals surface area contributed by atoms with E-state index in [9.17, 15) is 9.59 Å². The summed E-state index contributed by atoms with van der Waals surface area (Å²) < 4.78 is 10.1. The molecule has 1 fully saturated rings. The first kappa shape index (κ1) is 18.9. The summed E-state index contributed by atoms with van der Waals surface area (Å²) in [5, 5.41) is 6.25. The van der Waals surface area contributed by atoms with Crippen LogP contribution in [0.15, 0.2) is 24.3 Å². The molecular weight excluding hydrogens is 322 g/mol. The van der Waals surface area contributed by atoms with E-state index in [2.05, 4.69) is 10.6 Å². The second-order valence-corrected chi connectivity index (χ2v) is 5.93. The summed E-state index contributed by atoms with van der Waals surface area (Å²) in [6.45, 7) is 3.99. The van der Waals surface area contributed by atoms with Crippen molar-refractivity contribution in [2.24, 2.45) is 0 Å². The molecule has 1 aliphatic heterocycles. The van der Waals surface area contributed by atoms with Gasteiger partial charge in [0.2, 0.25) is 5.91 Å². The Kier molecular flexibility index (Phi) is 7.37. The van der Waals surface area contributed by atoms with E-state index in [4.69, 9.17) is 9.47 Å². The number of hydrogen-bond donors (Lipinski definition) is 2. The van der Waals surface area contributed by atoms with Crippen LogP contribution in [0.25, 0.3) is 0 Å². The predicted octanol–water partition coefficient (Wildman–Crippen LogP) is 2.23. The van der Waals surface area contributed by atoms with Crippen molar-refractivity contribution in [1.82, 2.24) is 10.2 Å². The first-order chi connectivity index (χ1) is 12.1. The van der Waals surface area contributed by atoms with E-state index >= 15 is 0 Å². The lowest BCUT2D eigenvalue weighted by atomic mass is 10.1. The van der Waals surface area contributed by atoms with E-state index in [1.54, 1.807) is 18.9 Å². The van der Waals surface area contributed by atoms with Gasteiger partial charge in [0.25, 0.3) is 0 Å². The van der Waals surface area contributed by atoms with Crippen LogP contribution in [0.1, 0.15) is 26.2 Å². The zero-order chi connectivity index (χ0) is 18.1. The molecule has 1 aromatic rings. The van der Waals surface area contributed by atoms with Crippen LogP contribution < -0.4 is 15.4 Å². The van der Waals surface area contributed by atoms with Crippen LogP contribution in [-0.2, 0) is 9.53 Å². The van der Waals surface area contributed by atoms with Gasteiger partial charge >= 0.3 is 6.09 Å². The maximum absolute atomic E-state index is 12.0. The quantitative estimate of drug-likeness (QED) is 0.789. The SMILES string of the molecule is CCOC(=O)N1CCC(NC(=O)CCNc2ccc(OC)cc2)CC1. The second-order valence-electron chi connectivity index (χ2n) is 5.93. The van der Waals surface area contributed by atoms with Gasteiger partial charge in [-0.1, -0.05) is 0 Å². The number of benzene rings is 1. The van der Waals surface area contributed by atoms with Crippen molar-refractivity contribution in [3.05, 3.63) is 24.3 Å². The lowest BCUT2D eigenvalue weighted by molar-refractivity contribution is -0.121. The Labute approximate surface area is 148 Å². The Bertz CT molecular complexity index is 554. The minimum Gasteiger partial charge on any atom is -0.497 e. The number of amides is 2. The number of likely N-dealkylation sites (tertiary alicyclic amines) is 1. The Morgan fingerprint density at radius 3 is 2.48 bits per heavy atom. The van der Waals surface area contributed by atoms with Crippen molar-refractivity contribution >= 4 is 17.7 Å². The average molecular weight is 349 g/mol. The number of anilines is 1. The van der Waals surface area contributed by atoms with Gasteiger partial charge in [-0.05, 0) is 44.0 Å². The molecule has 2 rings (SSSR count). The van der Waals surface area contributed by atoms with E-state index in [0.717, 1.165) is 24.3 Å². The van der Waals surface area contributed by atoms with Crippen LogP contribution in [0.2, 0.25) is 0 Å². The highest BCUT2D eigenvalue weighted by atomic mass is 16.6. The van der Waals surface area contributed by atoms with Crippen LogP contribution in [0.3, 0.4) is 0 Å². The summed E-state index contributed by atoms with van der Waals surface area (Å²) in [5.74, 6) is 0.827. The standard InChI is InChI=1S/C18H27N3O4/c1-3-25-18(23)21-12-9-15(10-13-21)20-17(22)8-11-19-14-4-6-16(24-2)7-5-14/h4-7,15,19H,3,8-13H2,1-2H3,(H,20,22). The summed E-state index contributed by atoms with van der Waals surface area (Å²) >= 11 is 0. The third-order valence-corrected chi connectivity index (χ3v) is 4.16. The van der Waals surface area contributed by atoms with Gasteiger partial charge in [-0.3, -0.25) is 4.79 Å². The molecule has 0 aliphatic carbocycles. The van der Waals surface area contributed by atoms with Crippen LogP contribution in [-0.4, -0.2) is 56.3 Å². The third kappa shape index (κ3) is 6.17. The highest BCUT2D eigenvalue weighted by molar-refractivity contribution is 5.77.